The Morgan fingerprint density at radius 2 is 1.96 bits per heavy atom. The van der Waals surface area contributed by atoms with E-state index in [1.54, 1.807) is 17.9 Å². The predicted molar refractivity (Wildman–Crippen MR) is 86.9 cm³/mol. The van der Waals surface area contributed by atoms with Crippen LogP contribution in [-0.4, -0.2) is 78.6 Å². The first-order valence-corrected chi connectivity index (χ1v) is 8.16. The zero-order chi connectivity index (χ0) is 17.1. The van der Waals surface area contributed by atoms with Crippen LogP contribution < -0.4 is 10.9 Å². The molecule has 2 aliphatic rings. The Bertz CT molecular complexity index is 681. The Kier molecular flexibility index (Phi) is 4.96. The van der Waals surface area contributed by atoms with Gasteiger partial charge in [0.1, 0.15) is 11.6 Å². The molecule has 2 amide bonds. The number of amides is 2. The lowest BCUT2D eigenvalue weighted by molar-refractivity contribution is -0.140. The molecule has 0 bridgehead atoms. The molecule has 2 N–H and O–H groups in total. The molecule has 1 atom stereocenters. The maximum atomic E-state index is 12.8. The number of hydrogen-bond donors (Lipinski definition) is 2. The van der Waals surface area contributed by atoms with Crippen LogP contribution >= 0.6 is 0 Å². The van der Waals surface area contributed by atoms with Gasteiger partial charge in [0, 0.05) is 38.4 Å². The fourth-order valence-electron chi connectivity index (χ4n) is 3.06. The molecule has 1 aromatic heterocycles. The van der Waals surface area contributed by atoms with Gasteiger partial charge >= 0.3 is 0 Å². The van der Waals surface area contributed by atoms with Crippen molar-refractivity contribution in [2.24, 2.45) is 0 Å². The number of ether oxygens (including phenoxy) is 1. The SMILES string of the molecule is Cc1ccc(C(=O)N2CCNCC2C(=O)N2CCOCC2)c(=O)[nH]1. The van der Waals surface area contributed by atoms with Crippen molar-refractivity contribution < 1.29 is 14.3 Å². The van der Waals surface area contributed by atoms with E-state index in [0.29, 0.717) is 51.6 Å². The summed E-state index contributed by atoms with van der Waals surface area (Å²) in [6.07, 6.45) is 0. The normalized spacial score (nSPS) is 21.6. The molecule has 8 nitrogen and oxygen atoms in total. The molecule has 0 aliphatic carbocycles. The maximum absolute atomic E-state index is 12.8. The molecule has 2 saturated heterocycles. The molecule has 130 valence electrons. The van der Waals surface area contributed by atoms with Gasteiger partial charge in [0.2, 0.25) is 5.91 Å². The monoisotopic (exact) mass is 334 g/mol. The van der Waals surface area contributed by atoms with Gasteiger partial charge in [-0.1, -0.05) is 0 Å². The standard InChI is InChI=1S/C16H22N4O4/c1-11-2-3-12(14(21)18-11)15(22)20-5-4-17-10-13(20)16(23)19-6-8-24-9-7-19/h2-3,13,17H,4-10H2,1H3,(H,18,21). The molecule has 24 heavy (non-hydrogen) atoms. The van der Waals surface area contributed by atoms with Crippen molar-refractivity contribution in [3.05, 3.63) is 33.7 Å². The summed E-state index contributed by atoms with van der Waals surface area (Å²) in [4.78, 5) is 43.5. The number of aromatic nitrogens is 1. The first kappa shape index (κ1) is 16.7. The van der Waals surface area contributed by atoms with Crippen LogP contribution in [0.4, 0.5) is 0 Å². The molecule has 3 heterocycles. The number of nitrogens with one attached hydrogen (secondary N) is 2. The summed E-state index contributed by atoms with van der Waals surface area (Å²) in [6.45, 7) is 5.23. The summed E-state index contributed by atoms with van der Waals surface area (Å²) in [6, 6.07) is 2.62. The van der Waals surface area contributed by atoms with E-state index in [1.807, 2.05) is 0 Å². The number of carbonyl (C=O) groups is 2. The highest BCUT2D eigenvalue weighted by Gasteiger charge is 2.36. The van der Waals surface area contributed by atoms with Crippen LogP contribution in [0.25, 0.3) is 0 Å². The second-order valence-corrected chi connectivity index (χ2v) is 6.04. The number of nitrogens with zero attached hydrogens (tertiary/aromatic N) is 2. The molecule has 1 unspecified atom stereocenters. The minimum Gasteiger partial charge on any atom is -0.378 e. The third kappa shape index (κ3) is 3.34. The van der Waals surface area contributed by atoms with Gasteiger partial charge in [-0.3, -0.25) is 14.4 Å². The fraction of sp³-hybridized carbons (Fsp3) is 0.562. The highest BCUT2D eigenvalue weighted by molar-refractivity contribution is 5.97. The van der Waals surface area contributed by atoms with Gasteiger partial charge in [-0.05, 0) is 19.1 Å². The summed E-state index contributed by atoms with van der Waals surface area (Å²) in [7, 11) is 0. The topological polar surface area (TPSA) is 94.7 Å². The molecule has 2 fully saturated rings. The number of aryl methyl sites for hydroxylation is 1. The summed E-state index contributed by atoms with van der Waals surface area (Å²) in [5.41, 5.74) is 0.344. The van der Waals surface area contributed by atoms with Gasteiger partial charge in [-0.15, -0.1) is 0 Å². The predicted octanol–water partition coefficient (Wildman–Crippen LogP) is -1.04. The fourth-order valence-corrected chi connectivity index (χ4v) is 3.06. The van der Waals surface area contributed by atoms with Crippen LogP contribution in [0.2, 0.25) is 0 Å². The molecule has 1 aromatic rings. The van der Waals surface area contributed by atoms with Gasteiger partial charge in [-0.25, -0.2) is 0 Å². The van der Waals surface area contributed by atoms with Crippen molar-refractivity contribution in [1.82, 2.24) is 20.1 Å². The van der Waals surface area contributed by atoms with E-state index in [0.717, 1.165) is 0 Å². The van der Waals surface area contributed by atoms with E-state index in [-0.39, 0.29) is 11.5 Å². The Labute approximate surface area is 139 Å². The zero-order valence-electron chi connectivity index (χ0n) is 13.7. The van der Waals surface area contributed by atoms with Gasteiger partial charge < -0.3 is 24.8 Å². The van der Waals surface area contributed by atoms with Crippen molar-refractivity contribution >= 4 is 11.8 Å². The van der Waals surface area contributed by atoms with E-state index < -0.39 is 17.5 Å². The first-order chi connectivity index (χ1) is 11.6. The average Bonchev–Trinajstić information content (AvgIpc) is 2.61. The van der Waals surface area contributed by atoms with Crippen molar-refractivity contribution in [2.75, 3.05) is 45.9 Å². The summed E-state index contributed by atoms with van der Waals surface area (Å²) in [5, 5.41) is 3.16. The second kappa shape index (κ2) is 7.14. The van der Waals surface area contributed by atoms with Gasteiger partial charge in [0.25, 0.3) is 11.5 Å². The molecule has 0 aromatic carbocycles. The third-order valence-electron chi connectivity index (χ3n) is 4.40. The van der Waals surface area contributed by atoms with Crippen molar-refractivity contribution in [1.29, 1.82) is 0 Å². The minimum absolute atomic E-state index is 0.0716. The molecular weight excluding hydrogens is 312 g/mol. The van der Waals surface area contributed by atoms with Crippen molar-refractivity contribution in [2.45, 2.75) is 13.0 Å². The summed E-state index contributed by atoms with van der Waals surface area (Å²) >= 11 is 0. The van der Waals surface area contributed by atoms with Crippen LogP contribution in [0.3, 0.4) is 0 Å². The number of aromatic amines is 1. The van der Waals surface area contributed by atoms with Crippen LogP contribution in [0.15, 0.2) is 16.9 Å². The van der Waals surface area contributed by atoms with Gasteiger partial charge in [0.05, 0.1) is 13.2 Å². The zero-order valence-corrected chi connectivity index (χ0v) is 13.7. The Morgan fingerprint density at radius 1 is 1.21 bits per heavy atom. The lowest BCUT2D eigenvalue weighted by Gasteiger charge is -2.38. The number of hydrogen-bond acceptors (Lipinski definition) is 5. The van der Waals surface area contributed by atoms with Crippen molar-refractivity contribution in [3.8, 4) is 0 Å². The summed E-state index contributed by atoms with van der Waals surface area (Å²) < 4.78 is 5.27. The molecule has 8 heteroatoms. The third-order valence-corrected chi connectivity index (χ3v) is 4.40. The average molecular weight is 334 g/mol. The number of carbonyl (C=O) groups excluding carboxylic acids is 2. The summed E-state index contributed by atoms with van der Waals surface area (Å²) in [5.74, 6) is -0.494. The smallest absolute Gasteiger partial charge is 0.260 e. The molecule has 0 radical (unpaired) electrons. The van der Waals surface area contributed by atoms with Crippen LogP contribution in [-0.2, 0) is 9.53 Å². The van der Waals surface area contributed by atoms with Gasteiger partial charge in [-0.2, -0.15) is 0 Å². The molecule has 0 saturated carbocycles. The first-order valence-electron chi connectivity index (χ1n) is 8.16. The lowest BCUT2D eigenvalue weighted by Crippen LogP contribution is -2.61. The maximum Gasteiger partial charge on any atom is 0.260 e. The number of rotatable bonds is 2. The van der Waals surface area contributed by atoms with Crippen LogP contribution in [0, 0.1) is 6.92 Å². The Hall–Kier alpha value is -2.19. The highest BCUT2D eigenvalue weighted by atomic mass is 16.5. The number of piperazine rings is 1. The van der Waals surface area contributed by atoms with Gasteiger partial charge in [0.15, 0.2) is 0 Å². The minimum atomic E-state index is -0.593. The lowest BCUT2D eigenvalue weighted by atomic mass is 10.1. The van der Waals surface area contributed by atoms with E-state index >= 15 is 0 Å². The van der Waals surface area contributed by atoms with E-state index in [2.05, 4.69) is 10.3 Å². The second-order valence-electron chi connectivity index (χ2n) is 6.04. The van der Waals surface area contributed by atoms with E-state index in [9.17, 15) is 14.4 Å². The largest absolute Gasteiger partial charge is 0.378 e. The van der Waals surface area contributed by atoms with E-state index in [4.69, 9.17) is 4.74 Å². The number of morpholine rings is 1. The van der Waals surface area contributed by atoms with Crippen LogP contribution in [0.5, 0.6) is 0 Å². The molecular formula is C16H22N4O4. The number of pyridine rings is 1. The molecule has 3 rings (SSSR count). The quantitative estimate of drug-likeness (QED) is 0.720. The van der Waals surface area contributed by atoms with Crippen molar-refractivity contribution in [3.63, 3.8) is 0 Å². The van der Waals surface area contributed by atoms with E-state index in [1.165, 1.54) is 11.0 Å². The number of H-pyrrole nitrogens is 1. The highest BCUT2D eigenvalue weighted by Crippen LogP contribution is 2.12. The Balaban J connectivity index is 1.82. The molecule has 0 spiro atoms. The Morgan fingerprint density at radius 3 is 2.67 bits per heavy atom. The van der Waals surface area contributed by atoms with Crippen LogP contribution in [0.1, 0.15) is 16.1 Å². The molecule has 2 aliphatic heterocycles.